The minimum absolute atomic E-state index is 0.602. The average Bonchev–Trinajstić information content (AvgIpc) is 2.45. The van der Waals surface area contributed by atoms with Crippen molar-refractivity contribution >= 4 is 30.4 Å². The summed E-state index contributed by atoms with van der Waals surface area (Å²) in [6.07, 6.45) is 0. The fraction of sp³-hybridized carbons (Fsp3) is 0.0769. The fourth-order valence-electron chi connectivity index (χ4n) is 1.56. The van der Waals surface area contributed by atoms with E-state index in [2.05, 4.69) is 2.51 Å². The molecule has 0 aliphatic rings. The summed E-state index contributed by atoms with van der Waals surface area (Å²) in [5.74, 6) is -5.93. The minimum atomic E-state index is -6.36. The van der Waals surface area contributed by atoms with E-state index in [1.54, 1.807) is 0 Å². The van der Waals surface area contributed by atoms with E-state index < -0.39 is 66.3 Å². The summed E-state index contributed by atoms with van der Waals surface area (Å²) in [5, 5.41) is 0. The Morgan fingerprint density at radius 2 is 1.08 bits per heavy atom. The maximum atomic E-state index is 13.9. The van der Waals surface area contributed by atoms with E-state index in [1.807, 2.05) is 0 Å². The van der Waals surface area contributed by atoms with E-state index >= 15 is 0 Å². The van der Waals surface area contributed by atoms with Crippen molar-refractivity contribution in [2.24, 2.45) is 0 Å². The number of halogens is 8. The molecule has 0 aliphatic heterocycles. The van der Waals surface area contributed by atoms with Gasteiger partial charge in [0.2, 0.25) is 0 Å². The maximum absolute atomic E-state index is 13.9. The monoisotopic (exact) mass is 502 g/mol. The Bertz CT molecular complexity index is 807. The van der Waals surface area contributed by atoms with E-state index in [4.69, 9.17) is 0 Å². The third-order valence-corrected chi connectivity index (χ3v) is 9.96. The summed E-state index contributed by atoms with van der Waals surface area (Å²) in [4.78, 5) is 0. The Morgan fingerprint density at radius 1 is 0.760 bits per heavy atom. The Morgan fingerprint density at radius 3 is 1.36 bits per heavy atom. The van der Waals surface area contributed by atoms with Crippen LogP contribution in [0.1, 0.15) is 0 Å². The van der Waals surface area contributed by atoms with Crippen molar-refractivity contribution in [3.8, 4) is 0 Å². The Kier molecular flexibility index (Phi) is 5.63. The number of alkyl halides is 3. The van der Waals surface area contributed by atoms with Crippen LogP contribution >= 0.6 is 20.2 Å². The van der Waals surface area contributed by atoms with Gasteiger partial charge in [-0.05, 0) is 0 Å². The van der Waals surface area contributed by atoms with Gasteiger partial charge < -0.3 is 0 Å². The summed E-state index contributed by atoms with van der Waals surface area (Å²) in [7, 11) is -6.36. The van der Waals surface area contributed by atoms with Gasteiger partial charge in [0.05, 0.1) is 0 Å². The number of hydrogen-bond donors (Lipinski definition) is 0. The average molecular weight is 502 g/mol. The summed E-state index contributed by atoms with van der Waals surface area (Å²) in [6.45, 7) is 0. The molecule has 0 saturated heterocycles. The summed E-state index contributed by atoms with van der Waals surface area (Å²) < 4.78 is 117. The van der Waals surface area contributed by atoms with Crippen LogP contribution in [0.5, 0.6) is 0 Å². The molecule has 0 bridgehead atoms. The van der Waals surface area contributed by atoms with Gasteiger partial charge in [-0.15, -0.1) is 0 Å². The number of benzene rings is 2. The van der Waals surface area contributed by atoms with Gasteiger partial charge in [-0.25, -0.2) is 0 Å². The van der Waals surface area contributed by atoms with Gasteiger partial charge in [0.25, 0.3) is 0 Å². The molecule has 0 radical (unpaired) electrons. The van der Waals surface area contributed by atoms with Gasteiger partial charge in [0.1, 0.15) is 0 Å². The molecule has 0 aliphatic carbocycles. The van der Waals surface area contributed by atoms with Crippen molar-refractivity contribution in [1.82, 2.24) is 0 Å². The molecule has 2 rings (SSSR count). The van der Waals surface area contributed by atoms with Crippen molar-refractivity contribution in [3.63, 3.8) is 0 Å². The molecule has 2 aromatic carbocycles. The quantitative estimate of drug-likeness (QED) is 0.267. The molecule has 0 aromatic heterocycles. The van der Waals surface area contributed by atoms with Gasteiger partial charge in [0.15, 0.2) is 0 Å². The molecular formula is C13H6F7IO3S. The molecule has 0 unspecified atom stereocenters. The van der Waals surface area contributed by atoms with Gasteiger partial charge in [-0.3, -0.25) is 0 Å². The summed E-state index contributed by atoms with van der Waals surface area (Å²) >= 11 is -4.87. The van der Waals surface area contributed by atoms with Crippen LogP contribution in [0.25, 0.3) is 0 Å². The van der Waals surface area contributed by atoms with Crippen LogP contribution in [-0.4, -0.2) is 13.9 Å². The third kappa shape index (κ3) is 4.06. The summed E-state index contributed by atoms with van der Waals surface area (Å²) in [6, 6.07) is 4.10. The molecule has 2 aromatic rings. The zero-order valence-electron chi connectivity index (χ0n) is 11.6. The SMILES string of the molecule is O=S(=O)(OI(c1c(F)cccc1F)c1c(F)cccc1F)C(F)(F)F. The topological polar surface area (TPSA) is 43.4 Å². The van der Waals surface area contributed by atoms with Crippen molar-refractivity contribution < 1.29 is 41.7 Å². The van der Waals surface area contributed by atoms with Crippen LogP contribution in [0.2, 0.25) is 0 Å². The van der Waals surface area contributed by atoms with Gasteiger partial charge >= 0.3 is 144 Å². The van der Waals surface area contributed by atoms with Crippen LogP contribution in [0.15, 0.2) is 36.4 Å². The Hall–Kier alpha value is -1.41. The van der Waals surface area contributed by atoms with Gasteiger partial charge in [-0.2, -0.15) is 0 Å². The number of rotatable bonds is 4. The zero-order valence-corrected chi connectivity index (χ0v) is 14.6. The molecule has 0 N–H and O–H groups in total. The second-order valence-corrected chi connectivity index (χ2v) is 10.4. The van der Waals surface area contributed by atoms with Crippen LogP contribution in [-0.2, 0) is 12.6 Å². The van der Waals surface area contributed by atoms with E-state index in [0.717, 1.165) is 12.1 Å². The van der Waals surface area contributed by atoms with E-state index in [1.165, 1.54) is 0 Å². The predicted molar refractivity (Wildman–Crippen MR) is 80.2 cm³/mol. The molecule has 0 heterocycles. The van der Waals surface area contributed by atoms with Gasteiger partial charge in [-0.1, -0.05) is 0 Å². The summed E-state index contributed by atoms with van der Waals surface area (Å²) in [5.41, 5.74) is -5.94. The fourth-order valence-corrected chi connectivity index (χ4v) is 8.16. The molecule has 0 amide bonds. The number of hydrogen-bond acceptors (Lipinski definition) is 3. The molecule has 0 fully saturated rings. The van der Waals surface area contributed by atoms with Crippen LogP contribution < -0.4 is 0 Å². The van der Waals surface area contributed by atoms with E-state index in [0.29, 0.717) is 24.3 Å². The zero-order chi connectivity index (χ0) is 19.0. The molecule has 138 valence electrons. The Balaban J connectivity index is 2.74. The van der Waals surface area contributed by atoms with Crippen molar-refractivity contribution in [1.29, 1.82) is 0 Å². The third-order valence-electron chi connectivity index (χ3n) is 2.58. The molecule has 25 heavy (non-hydrogen) atoms. The van der Waals surface area contributed by atoms with Crippen molar-refractivity contribution in [2.75, 3.05) is 0 Å². The van der Waals surface area contributed by atoms with Crippen LogP contribution in [0.3, 0.4) is 0 Å². The van der Waals surface area contributed by atoms with E-state index in [9.17, 15) is 39.2 Å². The first kappa shape index (κ1) is 19.9. The predicted octanol–water partition coefficient (Wildman–Crippen LogP) is 4.57. The molecule has 0 atom stereocenters. The van der Waals surface area contributed by atoms with Gasteiger partial charge in [0, 0.05) is 0 Å². The van der Waals surface area contributed by atoms with Crippen molar-refractivity contribution in [3.05, 3.63) is 66.8 Å². The second kappa shape index (κ2) is 7.07. The first-order valence-electron chi connectivity index (χ1n) is 6.05. The standard InChI is InChI=1S/C13H6F7IO3S/c14-7-3-1-4-8(15)11(7)21(24-25(22,23)13(18,19)20)12-9(16)5-2-6-10(12)17/h1-6H. The first-order valence-corrected chi connectivity index (χ1v) is 10.5. The molecule has 12 heteroatoms. The molecule has 3 nitrogen and oxygen atoms in total. The Labute approximate surface area is 144 Å². The first-order chi connectivity index (χ1) is 11.5. The molecule has 0 spiro atoms. The molecule has 0 saturated carbocycles. The van der Waals surface area contributed by atoms with E-state index in [-0.39, 0.29) is 0 Å². The van der Waals surface area contributed by atoms with Crippen LogP contribution in [0, 0.1) is 30.4 Å². The molecular weight excluding hydrogens is 496 g/mol. The second-order valence-electron chi connectivity index (χ2n) is 4.28. The van der Waals surface area contributed by atoms with Crippen LogP contribution in [0.4, 0.5) is 30.7 Å². The normalized spacial score (nSPS) is 13.0. The van der Waals surface area contributed by atoms with Crippen molar-refractivity contribution in [2.45, 2.75) is 5.51 Å².